The summed E-state index contributed by atoms with van der Waals surface area (Å²) < 4.78 is 4.84. The average Bonchev–Trinajstić information content (AvgIpc) is 2.38. The normalized spacial score (nSPS) is 12.1. The van der Waals surface area contributed by atoms with Crippen molar-refractivity contribution in [3.8, 4) is 0 Å². The SMILES string of the molecule is COC(=O)C(CC(C)C)Nc1ccc(C)cc1C(N)=S. The largest absolute Gasteiger partial charge is 0.467 e. The number of rotatable bonds is 6. The maximum atomic E-state index is 11.9. The van der Waals surface area contributed by atoms with Crippen molar-refractivity contribution in [2.45, 2.75) is 33.2 Å². The van der Waals surface area contributed by atoms with Gasteiger partial charge in [0.05, 0.1) is 7.11 Å². The molecule has 1 atom stereocenters. The second kappa shape index (κ2) is 7.24. The van der Waals surface area contributed by atoms with Gasteiger partial charge in [-0.3, -0.25) is 0 Å². The summed E-state index contributed by atoms with van der Waals surface area (Å²) in [6, 6.07) is 5.35. The van der Waals surface area contributed by atoms with E-state index < -0.39 is 6.04 Å². The van der Waals surface area contributed by atoms with Crippen molar-refractivity contribution in [3.63, 3.8) is 0 Å². The molecule has 20 heavy (non-hydrogen) atoms. The predicted molar refractivity (Wildman–Crippen MR) is 85.9 cm³/mol. The van der Waals surface area contributed by atoms with E-state index in [4.69, 9.17) is 22.7 Å². The zero-order valence-electron chi connectivity index (χ0n) is 12.4. The molecule has 0 saturated heterocycles. The number of aryl methyl sites for hydroxylation is 1. The first-order chi connectivity index (χ1) is 9.35. The number of carbonyl (C=O) groups is 1. The van der Waals surface area contributed by atoms with E-state index in [-0.39, 0.29) is 5.97 Å². The van der Waals surface area contributed by atoms with Gasteiger partial charge in [-0.05, 0) is 31.4 Å². The summed E-state index contributed by atoms with van der Waals surface area (Å²) in [4.78, 5) is 12.2. The number of carbonyl (C=O) groups excluding carboxylic acids is 1. The Morgan fingerprint density at radius 3 is 2.60 bits per heavy atom. The smallest absolute Gasteiger partial charge is 0.328 e. The molecule has 0 aliphatic carbocycles. The first-order valence-corrected chi connectivity index (χ1v) is 7.00. The van der Waals surface area contributed by atoms with E-state index in [1.165, 1.54) is 7.11 Å². The third kappa shape index (κ3) is 4.49. The van der Waals surface area contributed by atoms with Crippen LogP contribution in [0.5, 0.6) is 0 Å². The van der Waals surface area contributed by atoms with Crippen LogP contribution in [0.15, 0.2) is 18.2 Å². The third-order valence-corrected chi connectivity index (χ3v) is 3.18. The van der Waals surface area contributed by atoms with Crippen LogP contribution in [0.25, 0.3) is 0 Å². The summed E-state index contributed by atoms with van der Waals surface area (Å²) in [5.41, 5.74) is 8.32. The van der Waals surface area contributed by atoms with Gasteiger partial charge in [0.2, 0.25) is 0 Å². The number of benzene rings is 1. The van der Waals surface area contributed by atoms with Crippen molar-refractivity contribution in [2.75, 3.05) is 12.4 Å². The van der Waals surface area contributed by atoms with Gasteiger partial charge in [0.25, 0.3) is 0 Å². The van der Waals surface area contributed by atoms with Gasteiger partial charge in [-0.2, -0.15) is 0 Å². The molecule has 0 fully saturated rings. The molecule has 1 rings (SSSR count). The molecule has 0 aliphatic heterocycles. The van der Waals surface area contributed by atoms with E-state index in [0.29, 0.717) is 17.3 Å². The minimum Gasteiger partial charge on any atom is -0.467 e. The van der Waals surface area contributed by atoms with Crippen molar-refractivity contribution in [2.24, 2.45) is 11.7 Å². The topological polar surface area (TPSA) is 64.3 Å². The van der Waals surface area contributed by atoms with Gasteiger partial charge in [0.1, 0.15) is 11.0 Å². The van der Waals surface area contributed by atoms with Crippen LogP contribution in [0.4, 0.5) is 5.69 Å². The number of hydrogen-bond donors (Lipinski definition) is 2. The third-order valence-electron chi connectivity index (χ3n) is 2.96. The van der Waals surface area contributed by atoms with Gasteiger partial charge in [0.15, 0.2) is 0 Å². The lowest BCUT2D eigenvalue weighted by Crippen LogP contribution is -2.33. The Morgan fingerprint density at radius 2 is 2.10 bits per heavy atom. The summed E-state index contributed by atoms with van der Waals surface area (Å²) in [5.74, 6) is 0.0819. The molecular formula is C15H22N2O2S. The Hall–Kier alpha value is -1.62. The Kier molecular flexibility index (Phi) is 5.95. The summed E-state index contributed by atoms with van der Waals surface area (Å²) in [6.07, 6.45) is 0.678. The standard InChI is InChI=1S/C15H22N2O2S/c1-9(2)7-13(15(18)19-4)17-12-6-5-10(3)8-11(12)14(16)20/h5-6,8-9,13,17H,7H2,1-4H3,(H2,16,20). The minimum atomic E-state index is -0.407. The molecule has 0 saturated carbocycles. The van der Waals surface area contributed by atoms with Crippen LogP contribution in [0.2, 0.25) is 0 Å². The molecule has 0 bridgehead atoms. The Morgan fingerprint density at radius 1 is 1.45 bits per heavy atom. The fourth-order valence-corrected chi connectivity index (χ4v) is 2.17. The summed E-state index contributed by atoms with van der Waals surface area (Å²) >= 11 is 5.07. The molecule has 1 unspecified atom stereocenters. The second-order valence-electron chi connectivity index (χ2n) is 5.26. The molecule has 0 amide bonds. The number of methoxy groups -OCH3 is 1. The monoisotopic (exact) mass is 294 g/mol. The molecule has 1 aromatic rings. The van der Waals surface area contributed by atoms with Crippen LogP contribution in [0.1, 0.15) is 31.4 Å². The number of anilines is 1. The van der Waals surface area contributed by atoms with Crippen LogP contribution in [0, 0.1) is 12.8 Å². The lowest BCUT2D eigenvalue weighted by molar-refractivity contribution is -0.141. The van der Waals surface area contributed by atoms with E-state index in [1.54, 1.807) is 0 Å². The van der Waals surface area contributed by atoms with E-state index in [0.717, 1.165) is 16.8 Å². The fourth-order valence-electron chi connectivity index (χ4n) is 2.00. The molecular weight excluding hydrogens is 272 g/mol. The number of hydrogen-bond acceptors (Lipinski definition) is 4. The molecule has 5 heteroatoms. The summed E-state index contributed by atoms with van der Waals surface area (Å²) in [5, 5.41) is 3.20. The molecule has 110 valence electrons. The van der Waals surface area contributed by atoms with Gasteiger partial charge < -0.3 is 15.8 Å². The Bertz CT molecular complexity index is 501. The summed E-state index contributed by atoms with van der Waals surface area (Å²) in [6.45, 7) is 6.08. The van der Waals surface area contributed by atoms with Gasteiger partial charge in [-0.25, -0.2) is 4.79 Å². The molecule has 0 radical (unpaired) electrons. The number of nitrogens with two attached hydrogens (primary N) is 1. The fraction of sp³-hybridized carbons (Fsp3) is 0.467. The van der Waals surface area contributed by atoms with E-state index in [2.05, 4.69) is 19.2 Å². The van der Waals surface area contributed by atoms with Crippen LogP contribution in [0.3, 0.4) is 0 Å². The summed E-state index contributed by atoms with van der Waals surface area (Å²) in [7, 11) is 1.39. The number of esters is 1. The van der Waals surface area contributed by atoms with Crippen molar-refractivity contribution >= 4 is 28.9 Å². The van der Waals surface area contributed by atoms with Gasteiger partial charge in [-0.1, -0.05) is 37.7 Å². The molecule has 0 spiro atoms. The molecule has 4 nitrogen and oxygen atoms in total. The highest BCUT2D eigenvalue weighted by atomic mass is 32.1. The molecule has 0 heterocycles. The van der Waals surface area contributed by atoms with Crippen LogP contribution in [-0.4, -0.2) is 24.1 Å². The highest BCUT2D eigenvalue weighted by Crippen LogP contribution is 2.20. The van der Waals surface area contributed by atoms with E-state index in [9.17, 15) is 4.79 Å². The van der Waals surface area contributed by atoms with E-state index >= 15 is 0 Å². The maximum absolute atomic E-state index is 11.9. The molecule has 0 aromatic heterocycles. The quantitative estimate of drug-likeness (QED) is 0.624. The molecule has 0 aliphatic rings. The van der Waals surface area contributed by atoms with Crippen molar-refractivity contribution in [3.05, 3.63) is 29.3 Å². The number of ether oxygens (including phenoxy) is 1. The van der Waals surface area contributed by atoms with Crippen molar-refractivity contribution < 1.29 is 9.53 Å². The average molecular weight is 294 g/mol. The lowest BCUT2D eigenvalue weighted by atomic mass is 10.0. The van der Waals surface area contributed by atoms with Crippen molar-refractivity contribution in [1.29, 1.82) is 0 Å². The predicted octanol–water partition coefficient (Wildman–Crippen LogP) is 2.63. The number of thiocarbonyl (C=S) groups is 1. The highest BCUT2D eigenvalue weighted by Gasteiger charge is 2.21. The zero-order valence-corrected chi connectivity index (χ0v) is 13.2. The maximum Gasteiger partial charge on any atom is 0.328 e. The Labute approximate surface area is 125 Å². The first kappa shape index (κ1) is 16.4. The van der Waals surface area contributed by atoms with Gasteiger partial charge in [0, 0.05) is 11.3 Å². The molecule has 1 aromatic carbocycles. The molecule has 3 N–H and O–H groups in total. The van der Waals surface area contributed by atoms with Crippen molar-refractivity contribution in [1.82, 2.24) is 0 Å². The van der Waals surface area contributed by atoms with E-state index in [1.807, 2.05) is 25.1 Å². The van der Waals surface area contributed by atoms with Gasteiger partial charge in [-0.15, -0.1) is 0 Å². The van der Waals surface area contributed by atoms with Crippen LogP contribution >= 0.6 is 12.2 Å². The zero-order chi connectivity index (χ0) is 15.3. The second-order valence-corrected chi connectivity index (χ2v) is 5.70. The number of nitrogens with one attached hydrogen (secondary N) is 1. The first-order valence-electron chi connectivity index (χ1n) is 6.60. The lowest BCUT2D eigenvalue weighted by Gasteiger charge is -2.21. The minimum absolute atomic E-state index is 0.284. The van der Waals surface area contributed by atoms with Crippen LogP contribution in [-0.2, 0) is 9.53 Å². The highest BCUT2D eigenvalue weighted by molar-refractivity contribution is 7.80. The van der Waals surface area contributed by atoms with Gasteiger partial charge >= 0.3 is 5.97 Å². The Balaban J connectivity index is 3.04. The van der Waals surface area contributed by atoms with Crippen LogP contribution < -0.4 is 11.1 Å².